The van der Waals surface area contributed by atoms with E-state index >= 15 is 0 Å². The molecule has 1 amide bonds. The van der Waals surface area contributed by atoms with Crippen LogP contribution in [0.1, 0.15) is 31.4 Å². The number of carbonyl (C=O) groups excluding carboxylic acids is 1. The fraction of sp³-hybridized carbons (Fsp3) is 0.636. The Morgan fingerprint density at radius 1 is 1.25 bits per heavy atom. The van der Waals surface area contributed by atoms with E-state index in [1.165, 1.54) is 11.0 Å². The minimum atomic E-state index is -4.38. The van der Waals surface area contributed by atoms with Crippen molar-refractivity contribution in [1.29, 1.82) is 0 Å². The van der Waals surface area contributed by atoms with E-state index in [1.54, 1.807) is 20.2 Å². The predicted octanol–water partition coefficient (Wildman–Crippen LogP) is 3.52. The molecule has 1 saturated heterocycles. The summed E-state index contributed by atoms with van der Waals surface area (Å²) in [6.45, 7) is 9.10. The second kappa shape index (κ2) is 13.2. The third-order valence-corrected chi connectivity index (χ3v) is 5.56. The van der Waals surface area contributed by atoms with Crippen LogP contribution in [0.3, 0.4) is 0 Å². The molecule has 32 heavy (non-hydrogen) atoms. The molecule has 10 heteroatoms. The molecule has 0 aromatic heterocycles. The van der Waals surface area contributed by atoms with Gasteiger partial charge in [-0.2, -0.15) is 13.2 Å². The van der Waals surface area contributed by atoms with E-state index in [0.717, 1.165) is 51.3 Å². The van der Waals surface area contributed by atoms with Crippen LogP contribution in [0.4, 0.5) is 13.2 Å². The first kappa shape index (κ1) is 28.5. The summed E-state index contributed by atoms with van der Waals surface area (Å²) in [5, 5.41) is 3.11. The topological polar surface area (TPSA) is 51.2 Å². The molecule has 1 unspecified atom stereocenters. The van der Waals surface area contributed by atoms with Crippen molar-refractivity contribution in [2.45, 2.75) is 33.0 Å². The number of aliphatic imine (C=N–C) groups is 1. The number of amides is 1. The Labute approximate surface area is 206 Å². The van der Waals surface area contributed by atoms with Crippen molar-refractivity contribution in [3.8, 4) is 0 Å². The van der Waals surface area contributed by atoms with E-state index in [1.807, 2.05) is 0 Å². The van der Waals surface area contributed by atoms with Crippen LogP contribution in [0.25, 0.3) is 0 Å². The van der Waals surface area contributed by atoms with E-state index in [-0.39, 0.29) is 43.0 Å². The Morgan fingerprint density at radius 3 is 2.53 bits per heavy atom. The molecule has 0 saturated carbocycles. The molecule has 6 nitrogen and oxygen atoms in total. The molecule has 1 aliphatic rings. The lowest BCUT2D eigenvalue weighted by atomic mass is 10.1. The molecule has 1 aliphatic heterocycles. The van der Waals surface area contributed by atoms with E-state index in [0.29, 0.717) is 17.4 Å². The maximum absolute atomic E-state index is 13.0. The van der Waals surface area contributed by atoms with Gasteiger partial charge in [-0.05, 0) is 43.1 Å². The second-order valence-corrected chi connectivity index (χ2v) is 8.07. The third-order valence-electron chi connectivity index (χ3n) is 5.56. The Morgan fingerprint density at radius 2 is 1.94 bits per heavy atom. The average molecular weight is 569 g/mol. The Balaban J connectivity index is 0.00000512. The van der Waals surface area contributed by atoms with E-state index in [4.69, 9.17) is 0 Å². The molecule has 1 atom stereocenters. The average Bonchev–Trinajstić information content (AvgIpc) is 3.19. The minimum absolute atomic E-state index is 0. The van der Waals surface area contributed by atoms with Gasteiger partial charge in [0.2, 0.25) is 5.91 Å². The van der Waals surface area contributed by atoms with Gasteiger partial charge in [-0.15, -0.1) is 24.0 Å². The maximum atomic E-state index is 13.0. The lowest BCUT2D eigenvalue weighted by molar-refractivity contribution is -0.137. The third kappa shape index (κ3) is 8.76. The molecule has 0 bridgehead atoms. The smallest absolute Gasteiger partial charge is 0.347 e. The van der Waals surface area contributed by atoms with Gasteiger partial charge in [-0.3, -0.25) is 4.79 Å². The largest absolute Gasteiger partial charge is 0.416 e. The lowest BCUT2D eigenvalue weighted by Gasteiger charge is -2.25. The van der Waals surface area contributed by atoms with Crippen molar-refractivity contribution in [1.82, 2.24) is 20.0 Å². The number of benzene rings is 1. The number of rotatable bonds is 8. The highest BCUT2D eigenvalue weighted by molar-refractivity contribution is 14.0. The summed E-state index contributed by atoms with van der Waals surface area (Å²) < 4.78 is 39.0. The number of nitrogens with one attached hydrogen (secondary N) is 1. The maximum Gasteiger partial charge on any atom is 0.416 e. The molecule has 1 fully saturated rings. The van der Waals surface area contributed by atoms with Crippen molar-refractivity contribution in [3.63, 3.8) is 0 Å². The van der Waals surface area contributed by atoms with Crippen molar-refractivity contribution in [2.75, 3.05) is 53.4 Å². The first-order valence-corrected chi connectivity index (χ1v) is 10.8. The number of nitrogens with zero attached hydrogens (tertiary/aromatic N) is 4. The van der Waals surface area contributed by atoms with E-state index in [2.05, 4.69) is 34.0 Å². The van der Waals surface area contributed by atoms with E-state index < -0.39 is 11.7 Å². The van der Waals surface area contributed by atoms with Crippen LogP contribution >= 0.6 is 24.0 Å². The molecule has 1 aromatic carbocycles. The number of hydrogen-bond donors (Lipinski definition) is 1. The van der Waals surface area contributed by atoms with Crippen LogP contribution in [0, 0.1) is 5.92 Å². The molecular weight excluding hydrogens is 534 g/mol. The second-order valence-electron chi connectivity index (χ2n) is 8.07. The molecule has 0 radical (unpaired) electrons. The fourth-order valence-corrected chi connectivity index (χ4v) is 3.61. The number of alkyl halides is 3. The fourth-order valence-electron chi connectivity index (χ4n) is 3.61. The summed E-state index contributed by atoms with van der Waals surface area (Å²) in [5.41, 5.74) is -0.204. The van der Waals surface area contributed by atoms with Crippen molar-refractivity contribution >= 4 is 35.8 Å². The van der Waals surface area contributed by atoms with Crippen LogP contribution in [0.15, 0.2) is 29.3 Å². The lowest BCUT2D eigenvalue weighted by Crippen LogP contribution is -2.45. The molecule has 1 heterocycles. The van der Waals surface area contributed by atoms with Gasteiger partial charge in [0.15, 0.2) is 5.96 Å². The molecule has 0 spiro atoms. The number of carbonyl (C=O) groups is 1. The number of hydrogen-bond acceptors (Lipinski definition) is 3. The Bertz CT molecular complexity index is 753. The van der Waals surface area contributed by atoms with Gasteiger partial charge in [-0.25, -0.2) is 4.99 Å². The zero-order chi connectivity index (χ0) is 23.0. The van der Waals surface area contributed by atoms with Crippen LogP contribution < -0.4 is 5.32 Å². The predicted molar refractivity (Wildman–Crippen MR) is 132 cm³/mol. The van der Waals surface area contributed by atoms with Crippen LogP contribution in [0.5, 0.6) is 0 Å². The SMILES string of the molecule is CCN(CC)CC1CCN(C(=NCc2cccc(C(F)(F)F)c2)NCC(=O)N(C)C)C1.I. The minimum Gasteiger partial charge on any atom is -0.347 e. The standard InChI is InChI=1S/C22H34F3N5O.HI/c1-5-29(6-2)15-18-10-11-30(16-18)21(27-14-20(31)28(3)4)26-13-17-8-7-9-19(12-17)22(23,24)25;/h7-9,12,18H,5-6,10-11,13-16H2,1-4H3,(H,26,27);1H. The molecular formula is C22H35F3IN5O. The van der Waals surface area contributed by atoms with Gasteiger partial charge < -0.3 is 20.0 Å². The molecule has 1 aromatic rings. The zero-order valence-corrected chi connectivity index (χ0v) is 21.6. The highest BCUT2D eigenvalue weighted by atomic mass is 127. The van der Waals surface area contributed by atoms with Crippen molar-refractivity contribution in [3.05, 3.63) is 35.4 Å². The Kier molecular flexibility index (Phi) is 11.8. The van der Waals surface area contributed by atoms with Crippen molar-refractivity contribution in [2.24, 2.45) is 10.9 Å². The molecule has 2 rings (SSSR count). The number of likely N-dealkylation sites (N-methyl/N-ethyl adjacent to an activating group) is 1. The normalized spacial score (nSPS) is 16.8. The van der Waals surface area contributed by atoms with Gasteiger partial charge in [-0.1, -0.05) is 26.0 Å². The highest BCUT2D eigenvalue weighted by Crippen LogP contribution is 2.29. The van der Waals surface area contributed by atoms with Gasteiger partial charge in [0.1, 0.15) is 0 Å². The van der Waals surface area contributed by atoms with E-state index in [9.17, 15) is 18.0 Å². The van der Waals surface area contributed by atoms with Crippen LogP contribution in [-0.4, -0.2) is 79.9 Å². The van der Waals surface area contributed by atoms with Gasteiger partial charge in [0.25, 0.3) is 0 Å². The summed E-state index contributed by atoms with van der Waals surface area (Å²) in [6.07, 6.45) is -3.37. The monoisotopic (exact) mass is 569 g/mol. The summed E-state index contributed by atoms with van der Waals surface area (Å²) in [5.74, 6) is 0.963. The molecule has 0 aliphatic carbocycles. The summed E-state index contributed by atoms with van der Waals surface area (Å²) in [4.78, 5) is 22.6. The zero-order valence-electron chi connectivity index (χ0n) is 19.3. The van der Waals surface area contributed by atoms with Gasteiger partial charge >= 0.3 is 6.18 Å². The van der Waals surface area contributed by atoms with Gasteiger partial charge in [0, 0.05) is 33.7 Å². The highest BCUT2D eigenvalue weighted by Gasteiger charge is 2.30. The van der Waals surface area contributed by atoms with Crippen molar-refractivity contribution < 1.29 is 18.0 Å². The quantitative estimate of drug-likeness (QED) is 0.296. The number of halogens is 4. The first-order valence-electron chi connectivity index (χ1n) is 10.8. The number of guanidine groups is 1. The molecule has 1 N–H and O–H groups in total. The Hall–Kier alpha value is -1.56. The number of likely N-dealkylation sites (tertiary alicyclic amines) is 1. The summed E-state index contributed by atoms with van der Waals surface area (Å²) in [7, 11) is 3.36. The van der Waals surface area contributed by atoms with Gasteiger partial charge in [0.05, 0.1) is 18.7 Å². The first-order chi connectivity index (χ1) is 14.6. The summed E-state index contributed by atoms with van der Waals surface area (Å²) >= 11 is 0. The molecule has 182 valence electrons. The van der Waals surface area contributed by atoms with Crippen LogP contribution in [-0.2, 0) is 17.5 Å². The van der Waals surface area contributed by atoms with Crippen LogP contribution in [0.2, 0.25) is 0 Å². The summed E-state index contributed by atoms with van der Waals surface area (Å²) in [6, 6.07) is 5.21.